The number of alkyl halides is 2. The van der Waals surface area contributed by atoms with E-state index in [1.165, 1.54) is 0 Å². The Hall–Kier alpha value is -3.54. The van der Waals surface area contributed by atoms with E-state index >= 15 is 0 Å². The number of nitrogens with one attached hydrogen (secondary N) is 2. The number of aromatic amines is 1. The molecule has 1 aromatic heterocycles. The Balaban J connectivity index is 1.59. The summed E-state index contributed by atoms with van der Waals surface area (Å²) in [6, 6.07) is 24.2. The van der Waals surface area contributed by atoms with Crippen molar-refractivity contribution in [3.05, 3.63) is 101 Å². The van der Waals surface area contributed by atoms with E-state index in [0.29, 0.717) is 23.0 Å². The maximum atomic E-state index is 12.9. The number of fused-ring (bicyclic) bond motifs is 1. The van der Waals surface area contributed by atoms with Crippen LogP contribution in [0.1, 0.15) is 39.8 Å². The minimum absolute atomic E-state index is 0.222. The van der Waals surface area contributed by atoms with Gasteiger partial charge in [0, 0.05) is 5.56 Å². The summed E-state index contributed by atoms with van der Waals surface area (Å²) in [6.45, 7) is 0. The van der Waals surface area contributed by atoms with Crippen molar-refractivity contribution in [2.45, 2.75) is 18.9 Å². The van der Waals surface area contributed by atoms with Gasteiger partial charge >= 0.3 is 0 Å². The third-order valence-corrected chi connectivity index (χ3v) is 4.76. The summed E-state index contributed by atoms with van der Waals surface area (Å²) in [7, 11) is 0. The van der Waals surface area contributed by atoms with Crippen LogP contribution in [0.4, 0.5) is 8.78 Å². The molecule has 0 aliphatic rings. The van der Waals surface area contributed by atoms with Crippen LogP contribution in [0.15, 0.2) is 78.9 Å². The van der Waals surface area contributed by atoms with Crippen LogP contribution in [0, 0.1) is 0 Å². The molecule has 1 heterocycles. The monoisotopic (exact) mass is 391 g/mol. The predicted molar refractivity (Wildman–Crippen MR) is 108 cm³/mol. The van der Waals surface area contributed by atoms with Crippen molar-refractivity contribution in [1.82, 2.24) is 15.3 Å². The largest absolute Gasteiger partial charge is 0.345 e. The van der Waals surface area contributed by atoms with Crippen molar-refractivity contribution < 1.29 is 13.6 Å². The average Bonchev–Trinajstić information content (AvgIpc) is 3.18. The van der Waals surface area contributed by atoms with Crippen molar-refractivity contribution in [2.75, 3.05) is 0 Å². The molecule has 0 saturated carbocycles. The van der Waals surface area contributed by atoms with Crippen LogP contribution in [0.5, 0.6) is 0 Å². The molecule has 1 atom stereocenters. The van der Waals surface area contributed by atoms with Gasteiger partial charge in [-0.2, -0.15) is 0 Å². The van der Waals surface area contributed by atoms with Crippen molar-refractivity contribution >= 4 is 16.9 Å². The van der Waals surface area contributed by atoms with E-state index in [-0.39, 0.29) is 11.9 Å². The Morgan fingerprint density at radius 3 is 2.34 bits per heavy atom. The summed E-state index contributed by atoms with van der Waals surface area (Å²) >= 11 is 0. The Bertz CT molecular complexity index is 1110. The number of rotatable bonds is 6. The number of carbonyl (C=O) groups excluding carboxylic acids is 1. The van der Waals surface area contributed by atoms with Crippen LogP contribution in [0.2, 0.25) is 0 Å². The van der Waals surface area contributed by atoms with Gasteiger partial charge in [-0.1, -0.05) is 60.7 Å². The minimum Gasteiger partial charge on any atom is -0.345 e. The smallest absolute Gasteiger partial charge is 0.295 e. The first-order valence-electron chi connectivity index (χ1n) is 9.28. The van der Waals surface area contributed by atoms with Crippen LogP contribution in [-0.4, -0.2) is 15.9 Å². The Labute approximate surface area is 166 Å². The molecule has 4 nitrogen and oxygen atoms in total. The molecule has 4 aromatic rings. The number of nitrogens with zero attached hydrogens (tertiary/aromatic N) is 1. The highest BCUT2D eigenvalue weighted by atomic mass is 19.3. The lowest BCUT2D eigenvalue weighted by atomic mass is 9.98. The van der Waals surface area contributed by atoms with Gasteiger partial charge in [-0.3, -0.25) is 4.79 Å². The summed E-state index contributed by atoms with van der Waals surface area (Å²) in [5, 5.41) is 3.07. The molecule has 0 saturated heterocycles. The first-order chi connectivity index (χ1) is 14.1. The molecule has 0 spiro atoms. The van der Waals surface area contributed by atoms with E-state index in [0.717, 1.165) is 11.1 Å². The molecule has 3 aromatic carbocycles. The lowest BCUT2D eigenvalue weighted by molar-refractivity contribution is 0.0936. The Morgan fingerprint density at radius 1 is 0.966 bits per heavy atom. The van der Waals surface area contributed by atoms with Crippen LogP contribution in [0.25, 0.3) is 11.0 Å². The lowest BCUT2D eigenvalue weighted by Gasteiger charge is -2.19. The quantitative estimate of drug-likeness (QED) is 0.474. The molecule has 2 N–H and O–H groups in total. The van der Waals surface area contributed by atoms with Gasteiger partial charge in [0.25, 0.3) is 12.3 Å². The van der Waals surface area contributed by atoms with Crippen LogP contribution >= 0.6 is 0 Å². The Morgan fingerprint density at radius 2 is 1.66 bits per heavy atom. The topological polar surface area (TPSA) is 57.8 Å². The summed E-state index contributed by atoms with van der Waals surface area (Å²) < 4.78 is 25.7. The van der Waals surface area contributed by atoms with Gasteiger partial charge < -0.3 is 10.3 Å². The maximum absolute atomic E-state index is 12.9. The van der Waals surface area contributed by atoms with E-state index in [2.05, 4.69) is 15.3 Å². The van der Waals surface area contributed by atoms with Crippen molar-refractivity contribution in [2.24, 2.45) is 0 Å². The summed E-state index contributed by atoms with van der Waals surface area (Å²) in [5.41, 5.74) is 3.29. The standard InChI is InChI=1S/C23H19F2N3O/c24-21(25)22-26-18-12-11-17(14-20(18)27-22)23(29)28-19(16-9-5-2-6-10-16)13-15-7-3-1-4-8-15/h1-12,14,19,21H,13H2,(H,26,27)(H,28,29). The molecule has 0 radical (unpaired) electrons. The number of hydrogen-bond acceptors (Lipinski definition) is 2. The summed E-state index contributed by atoms with van der Waals surface area (Å²) in [6.07, 6.45) is -2.05. The summed E-state index contributed by atoms with van der Waals surface area (Å²) in [4.78, 5) is 19.3. The molecule has 0 aliphatic heterocycles. The molecule has 6 heteroatoms. The minimum atomic E-state index is -2.69. The van der Waals surface area contributed by atoms with E-state index < -0.39 is 12.2 Å². The highest BCUT2D eigenvalue weighted by Crippen LogP contribution is 2.22. The Kier molecular flexibility index (Phi) is 5.33. The fourth-order valence-corrected chi connectivity index (χ4v) is 3.30. The maximum Gasteiger partial charge on any atom is 0.295 e. The first-order valence-corrected chi connectivity index (χ1v) is 9.28. The number of aromatic nitrogens is 2. The zero-order valence-corrected chi connectivity index (χ0v) is 15.5. The third-order valence-electron chi connectivity index (χ3n) is 4.76. The van der Waals surface area contributed by atoms with Gasteiger partial charge in [-0.25, -0.2) is 13.8 Å². The molecule has 0 aliphatic carbocycles. The second-order valence-corrected chi connectivity index (χ2v) is 6.78. The van der Waals surface area contributed by atoms with Crippen LogP contribution < -0.4 is 5.32 Å². The number of H-pyrrole nitrogens is 1. The van der Waals surface area contributed by atoms with Crippen LogP contribution in [0.3, 0.4) is 0 Å². The predicted octanol–water partition coefficient (Wildman–Crippen LogP) is 5.21. The summed E-state index contributed by atoms with van der Waals surface area (Å²) in [5.74, 6) is -0.673. The van der Waals surface area contributed by atoms with Gasteiger partial charge in [-0.15, -0.1) is 0 Å². The fourth-order valence-electron chi connectivity index (χ4n) is 3.30. The molecule has 146 valence electrons. The zero-order valence-electron chi connectivity index (χ0n) is 15.5. The van der Waals surface area contributed by atoms with E-state index in [9.17, 15) is 13.6 Å². The van der Waals surface area contributed by atoms with Gasteiger partial charge in [0.1, 0.15) is 0 Å². The molecule has 4 rings (SSSR count). The third kappa shape index (κ3) is 4.32. The molecule has 0 bridgehead atoms. The van der Waals surface area contributed by atoms with Gasteiger partial charge in [0.2, 0.25) is 0 Å². The highest BCUT2D eigenvalue weighted by molar-refractivity contribution is 5.97. The number of halogens is 2. The van der Waals surface area contributed by atoms with Crippen molar-refractivity contribution in [3.8, 4) is 0 Å². The van der Waals surface area contributed by atoms with Gasteiger partial charge in [0.05, 0.1) is 17.1 Å². The number of amides is 1. The molecule has 29 heavy (non-hydrogen) atoms. The second kappa shape index (κ2) is 8.22. The normalized spacial score (nSPS) is 12.2. The van der Waals surface area contributed by atoms with E-state index in [1.54, 1.807) is 18.2 Å². The van der Waals surface area contributed by atoms with E-state index in [4.69, 9.17) is 0 Å². The second-order valence-electron chi connectivity index (χ2n) is 6.78. The zero-order chi connectivity index (χ0) is 20.2. The van der Waals surface area contributed by atoms with Gasteiger partial charge in [-0.05, 0) is 35.7 Å². The molecular weight excluding hydrogens is 372 g/mol. The molecule has 1 unspecified atom stereocenters. The number of imidazole rings is 1. The number of benzene rings is 3. The van der Waals surface area contributed by atoms with Crippen LogP contribution in [-0.2, 0) is 6.42 Å². The van der Waals surface area contributed by atoms with E-state index in [1.807, 2.05) is 60.7 Å². The van der Waals surface area contributed by atoms with Gasteiger partial charge in [0.15, 0.2) is 5.82 Å². The molecule has 0 fully saturated rings. The average molecular weight is 391 g/mol. The first kappa shape index (κ1) is 18.8. The molecule has 1 amide bonds. The number of carbonyl (C=O) groups is 1. The van der Waals surface area contributed by atoms with Crippen molar-refractivity contribution in [3.63, 3.8) is 0 Å². The highest BCUT2D eigenvalue weighted by Gasteiger charge is 2.18. The molecular formula is C23H19F2N3O. The SMILES string of the molecule is O=C(NC(Cc1ccccc1)c1ccccc1)c1ccc2nc(C(F)F)[nH]c2c1. The number of hydrogen-bond donors (Lipinski definition) is 2. The lowest BCUT2D eigenvalue weighted by Crippen LogP contribution is -2.30. The fraction of sp³-hybridized carbons (Fsp3) is 0.130. The van der Waals surface area contributed by atoms with Crippen molar-refractivity contribution in [1.29, 1.82) is 0 Å².